The average molecular weight is 354 g/mol. The molecule has 0 radical (unpaired) electrons. The molecule has 2 unspecified atom stereocenters. The molecular formula is C23H30O3. The lowest BCUT2D eigenvalue weighted by Gasteiger charge is -2.21. The normalized spacial score (nSPS) is 17.6. The largest absolute Gasteiger partial charge is 0.489 e. The Hall–Kier alpha value is -2.21. The van der Waals surface area contributed by atoms with Crippen molar-refractivity contribution in [2.45, 2.75) is 64.7 Å². The monoisotopic (exact) mass is 354 g/mol. The van der Waals surface area contributed by atoms with Crippen molar-refractivity contribution in [1.29, 1.82) is 0 Å². The predicted molar refractivity (Wildman–Crippen MR) is 105 cm³/mol. The van der Waals surface area contributed by atoms with E-state index in [1.165, 1.54) is 37.7 Å². The summed E-state index contributed by atoms with van der Waals surface area (Å²) in [6, 6.07) is 7.68. The Labute approximate surface area is 157 Å². The molecule has 3 nitrogen and oxygen atoms in total. The summed E-state index contributed by atoms with van der Waals surface area (Å²) in [5.41, 5.74) is 2.33. The van der Waals surface area contributed by atoms with Crippen molar-refractivity contribution in [3.05, 3.63) is 41.5 Å². The summed E-state index contributed by atoms with van der Waals surface area (Å²) in [5.74, 6) is 6.23. The number of carbonyl (C=O) groups is 1. The lowest BCUT2D eigenvalue weighted by atomic mass is 9.87. The molecule has 0 saturated carbocycles. The van der Waals surface area contributed by atoms with E-state index in [2.05, 4.69) is 24.8 Å². The second-order valence-electron chi connectivity index (χ2n) is 7.02. The van der Waals surface area contributed by atoms with Crippen LogP contribution in [0.3, 0.4) is 0 Å². The summed E-state index contributed by atoms with van der Waals surface area (Å²) in [5, 5.41) is 9.03. The van der Waals surface area contributed by atoms with E-state index in [0.717, 1.165) is 17.7 Å². The number of ether oxygens (including phenoxy) is 1. The number of rotatable bonds is 9. The standard InChI is InChI=1S/C23H30O3/c1-3-5-8-18-9-6-10-19(15-18)17-26-22-13-11-20(12-14-22)21(7-4-2)16-23(24)25/h11-15,18,21H,3,5-6,8-10,16-17H2,1-2H3,(H,24,25). The van der Waals surface area contributed by atoms with E-state index in [1.807, 2.05) is 24.3 Å². The molecule has 3 heteroatoms. The fourth-order valence-electron chi connectivity index (χ4n) is 3.48. The van der Waals surface area contributed by atoms with Crippen molar-refractivity contribution in [3.63, 3.8) is 0 Å². The van der Waals surface area contributed by atoms with Gasteiger partial charge in [0.25, 0.3) is 0 Å². The van der Waals surface area contributed by atoms with Crippen LogP contribution in [0.25, 0.3) is 0 Å². The first-order valence-electron chi connectivity index (χ1n) is 9.68. The first-order valence-corrected chi connectivity index (χ1v) is 9.68. The van der Waals surface area contributed by atoms with Gasteiger partial charge in [-0.2, -0.15) is 0 Å². The predicted octanol–water partition coefficient (Wildman–Crippen LogP) is 5.56. The molecule has 0 bridgehead atoms. The van der Waals surface area contributed by atoms with Gasteiger partial charge in [-0.25, -0.2) is 0 Å². The number of hydrogen-bond donors (Lipinski definition) is 1. The van der Waals surface area contributed by atoms with E-state index < -0.39 is 5.97 Å². The minimum Gasteiger partial charge on any atom is -0.489 e. The highest BCUT2D eigenvalue weighted by atomic mass is 16.5. The lowest BCUT2D eigenvalue weighted by molar-refractivity contribution is -0.137. The molecule has 1 aromatic rings. The fraction of sp³-hybridized carbons (Fsp3) is 0.522. The van der Waals surface area contributed by atoms with Gasteiger partial charge in [0.15, 0.2) is 0 Å². The Morgan fingerprint density at radius 1 is 1.35 bits per heavy atom. The number of hydrogen-bond acceptors (Lipinski definition) is 2. The molecule has 0 saturated heterocycles. The number of benzene rings is 1. The van der Waals surface area contributed by atoms with Crippen molar-refractivity contribution in [2.24, 2.45) is 5.92 Å². The molecule has 1 N–H and O–H groups in total. The summed E-state index contributed by atoms with van der Waals surface area (Å²) >= 11 is 0. The zero-order valence-corrected chi connectivity index (χ0v) is 16.0. The second-order valence-corrected chi connectivity index (χ2v) is 7.02. The smallest absolute Gasteiger partial charge is 0.304 e. The number of aliphatic carboxylic acids is 1. The maximum Gasteiger partial charge on any atom is 0.304 e. The third-order valence-corrected chi connectivity index (χ3v) is 4.88. The molecular weight excluding hydrogens is 324 g/mol. The van der Waals surface area contributed by atoms with Crippen molar-refractivity contribution < 1.29 is 14.6 Å². The van der Waals surface area contributed by atoms with E-state index in [4.69, 9.17) is 9.84 Å². The quantitative estimate of drug-likeness (QED) is 0.466. The summed E-state index contributed by atoms with van der Waals surface area (Å²) in [7, 11) is 0. The van der Waals surface area contributed by atoms with Crippen LogP contribution in [0.15, 0.2) is 35.9 Å². The summed E-state index contributed by atoms with van der Waals surface area (Å²) < 4.78 is 5.95. The molecule has 0 aromatic heterocycles. The van der Waals surface area contributed by atoms with Gasteiger partial charge in [-0.3, -0.25) is 4.79 Å². The van der Waals surface area contributed by atoms with Crippen molar-refractivity contribution in [3.8, 4) is 17.6 Å². The molecule has 2 atom stereocenters. The highest BCUT2D eigenvalue weighted by Crippen LogP contribution is 2.28. The molecule has 0 amide bonds. The van der Waals surface area contributed by atoms with Crippen LogP contribution in [-0.4, -0.2) is 17.7 Å². The second kappa shape index (κ2) is 10.7. The zero-order chi connectivity index (χ0) is 18.8. The number of carboxylic acid groups (broad SMARTS) is 1. The Kier molecular flexibility index (Phi) is 8.28. The van der Waals surface area contributed by atoms with Crippen molar-refractivity contribution in [1.82, 2.24) is 0 Å². The van der Waals surface area contributed by atoms with Gasteiger partial charge in [-0.15, -0.1) is 5.92 Å². The van der Waals surface area contributed by atoms with E-state index in [-0.39, 0.29) is 12.3 Å². The fourth-order valence-corrected chi connectivity index (χ4v) is 3.48. The molecule has 0 fully saturated rings. The van der Waals surface area contributed by atoms with Gasteiger partial charge in [-0.1, -0.05) is 43.9 Å². The minimum absolute atomic E-state index is 0.0209. The maximum atomic E-state index is 11.0. The SMILES string of the molecule is CC#CC(CC(=O)O)c1ccc(OCC2=CC(CCCC)CCC2)cc1. The van der Waals surface area contributed by atoms with Gasteiger partial charge in [0.05, 0.1) is 12.3 Å². The van der Waals surface area contributed by atoms with E-state index in [1.54, 1.807) is 6.92 Å². The summed E-state index contributed by atoms with van der Waals surface area (Å²) in [6.45, 7) is 4.63. The van der Waals surface area contributed by atoms with Crippen LogP contribution in [-0.2, 0) is 4.79 Å². The molecule has 0 aliphatic heterocycles. The highest BCUT2D eigenvalue weighted by Gasteiger charge is 2.15. The van der Waals surface area contributed by atoms with Crippen molar-refractivity contribution >= 4 is 5.97 Å². The van der Waals surface area contributed by atoms with Crippen LogP contribution in [0.4, 0.5) is 0 Å². The zero-order valence-electron chi connectivity index (χ0n) is 16.0. The van der Waals surface area contributed by atoms with E-state index >= 15 is 0 Å². The Morgan fingerprint density at radius 3 is 2.77 bits per heavy atom. The van der Waals surface area contributed by atoms with E-state index in [0.29, 0.717) is 12.5 Å². The van der Waals surface area contributed by atoms with E-state index in [9.17, 15) is 4.79 Å². The average Bonchev–Trinajstić information content (AvgIpc) is 2.65. The third kappa shape index (κ3) is 6.59. The van der Waals surface area contributed by atoms with Crippen LogP contribution >= 0.6 is 0 Å². The molecule has 1 aromatic carbocycles. The van der Waals surface area contributed by atoms with Crippen molar-refractivity contribution in [2.75, 3.05) is 6.61 Å². The lowest BCUT2D eigenvalue weighted by Crippen LogP contribution is -2.10. The third-order valence-electron chi connectivity index (χ3n) is 4.88. The molecule has 0 heterocycles. The molecule has 1 aliphatic rings. The van der Waals surface area contributed by atoms with Gasteiger partial charge >= 0.3 is 5.97 Å². The van der Waals surface area contributed by atoms with Crippen LogP contribution < -0.4 is 4.74 Å². The Bertz CT molecular complexity index is 661. The molecule has 26 heavy (non-hydrogen) atoms. The molecule has 1 aliphatic carbocycles. The van der Waals surface area contributed by atoms with Crippen LogP contribution in [0.2, 0.25) is 0 Å². The first kappa shape index (κ1) is 20.1. The highest BCUT2D eigenvalue weighted by molar-refractivity contribution is 5.69. The van der Waals surface area contributed by atoms with Gasteiger partial charge in [-0.05, 0) is 61.8 Å². The Morgan fingerprint density at radius 2 is 2.12 bits per heavy atom. The summed E-state index contributed by atoms with van der Waals surface area (Å²) in [6.07, 6.45) is 9.99. The minimum atomic E-state index is -0.833. The van der Waals surface area contributed by atoms with Crippen LogP contribution in [0.1, 0.15) is 70.3 Å². The first-order chi connectivity index (χ1) is 12.6. The summed E-state index contributed by atoms with van der Waals surface area (Å²) in [4.78, 5) is 11.0. The van der Waals surface area contributed by atoms with Gasteiger partial charge < -0.3 is 9.84 Å². The molecule has 140 valence electrons. The molecule has 0 spiro atoms. The number of unbranched alkanes of at least 4 members (excludes halogenated alkanes) is 1. The van der Waals surface area contributed by atoms with Crippen LogP contribution in [0, 0.1) is 17.8 Å². The maximum absolute atomic E-state index is 11.0. The topological polar surface area (TPSA) is 46.5 Å². The van der Waals surface area contributed by atoms with Gasteiger partial charge in [0.1, 0.15) is 12.4 Å². The van der Waals surface area contributed by atoms with Gasteiger partial charge in [0, 0.05) is 0 Å². The van der Waals surface area contributed by atoms with Gasteiger partial charge in [0.2, 0.25) is 0 Å². The Balaban J connectivity index is 1.93. The van der Waals surface area contributed by atoms with Crippen LogP contribution in [0.5, 0.6) is 5.75 Å². The molecule has 2 rings (SSSR count). The number of allylic oxidation sites excluding steroid dienone is 1. The number of carboxylic acids is 1.